The van der Waals surface area contributed by atoms with Gasteiger partial charge in [0.25, 0.3) is 0 Å². The van der Waals surface area contributed by atoms with E-state index >= 15 is 0 Å². The van der Waals surface area contributed by atoms with Gasteiger partial charge in [-0.05, 0) is 54.8 Å². The predicted molar refractivity (Wildman–Crippen MR) is 85.9 cm³/mol. The molecule has 0 aliphatic heterocycles. The van der Waals surface area contributed by atoms with Crippen LogP contribution in [0.2, 0.25) is 0 Å². The van der Waals surface area contributed by atoms with E-state index in [1.54, 1.807) is 12.1 Å². The first-order chi connectivity index (χ1) is 10.3. The second kappa shape index (κ2) is 6.50. The lowest BCUT2D eigenvalue weighted by molar-refractivity contribution is 0.108. The summed E-state index contributed by atoms with van der Waals surface area (Å²) in [4.78, 5) is 0.235. The van der Waals surface area contributed by atoms with Crippen LogP contribution in [0.5, 0.6) is 5.75 Å². The van der Waals surface area contributed by atoms with Gasteiger partial charge in [0.2, 0.25) is 0 Å². The average Bonchev–Trinajstić information content (AvgIpc) is 2.47. The predicted octanol–water partition coefficient (Wildman–Crippen LogP) is 2.82. The Kier molecular flexibility index (Phi) is 4.88. The molecule has 0 aliphatic carbocycles. The molecule has 1 N–H and O–H groups in total. The Labute approximate surface area is 131 Å². The minimum Gasteiger partial charge on any atom is -0.491 e. The number of hydrogen-bond donors (Lipinski definition) is 1. The van der Waals surface area contributed by atoms with Gasteiger partial charge in [-0.15, -0.1) is 0 Å². The van der Waals surface area contributed by atoms with Crippen LogP contribution in [-0.4, -0.2) is 26.4 Å². The highest BCUT2D eigenvalue weighted by Crippen LogP contribution is 2.20. The molecule has 0 fully saturated rings. The zero-order chi connectivity index (χ0) is 16.3. The van der Waals surface area contributed by atoms with Crippen LogP contribution in [-0.2, 0) is 9.84 Å². The fourth-order valence-corrected chi connectivity index (χ4v) is 2.64. The number of rotatable bonds is 5. The van der Waals surface area contributed by atoms with Crippen molar-refractivity contribution in [2.24, 2.45) is 0 Å². The van der Waals surface area contributed by atoms with Crippen LogP contribution in [0, 0.1) is 13.8 Å². The Morgan fingerprint density at radius 1 is 1.05 bits per heavy atom. The van der Waals surface area contributed by atoms with Crippen molar-refractivity contribution in [3.63, 3.8) is 0 Å². The first-order valence-corrected chi connectivity index (χ1v) is 8.84. The summed E-state index contributed by atoms with van der Waals surface area (Å²) in [6, 6.07) is 11.9. The summed E-state index contributed by atoms with van der Waals surface area (Å²) < 4.78 is 28.4. The lowest BCUT2D eigenvalue weighted by Gasteiger charge is -2.14. The van der Waals surface area contributed by atoms with Crippen LogP contribution in [0.25, 0.3) is 0 Å². The highest BCUT2D eigenvalue weighted by molar-refractivity contribution is 7.90. The van der Waals surface area contributed by atoms with Crippen molar-refractivity contribution >= 4 is 9.84 Å². The molecule has 0 radical (unpaired) electrons. The van der Waals surface area contributed by atoms with Gasteiger partial charge in [-0.3, -0.25) is 0 Å². The van der Waals surface area contributed by atoms with E-state index in [1.165, 1.54) is 17.7 Å². The molecule has 22 heavy (non-hydrogen) atoms. The molecular weight excluding hydrogens is 300 g/mol. The normalized spacial score (nSPS) is 12.9. The SMILES string of the molecule is Cc1ccc(OCC(O)c2ccc(S(C)(=O)=O)cc2)cc1C. The average molecular weight is 320 g/mol. The molecule has 0 spiro atoms. The first-order valence-electron chi connectivity index (χ1n) is 6.95. The van der Waals surface area contributed by atoms with E-state index in [0.29, 0.717) is 11.3 Å². The van der Waals surface area contributed by atoms with Gasteiger partial charge in [0.15, 0.2) is 9.84 Å². The highest BCUT2D eigenvalue weighted by atomic mass is 32.2. The van der Waals surface area contributed by atoms with Crippen LogP contribution in [0.4, 0.5) is 0 Å². The summed E-state index contributed by atoms with van der Waals surface area (Å²) in [6.45, 7) is 4.14. The Balaban J connectivity index is 2.03. The molecule has 118 valence electrons. The molecule has 0 saturated carbocycles. The van der Waals surface area contributed by atoms with E-state index in [2.05, 4.69) is 0 Å². The molecule has 5 heteroatoms. The van der Waals surface area contributed by atoms with Crippen molar-refractivity contribution in [3.8, 4) is 5.75 Å². The van der Waals surface area contributed by atoms with Gasteiger partial charge >= 0.3 is 0 Å². The minimum atomic E-state index is -3.22. The second-order valence-corrected chi connectivity index (χ2v) is 7.43. The van der Waals surface area contributed by atoms with E-state index in [1.807, 2.05) is 32.0 Å². The van der Waals surface area contributed by atoms with Gasteiger partial charge in [0, 0.05) is 6.26 Å². The van der Waals surface area contributed by atoms with Crippen molar-refractivity contribution in [2.75, 3.05) is 12.9 Å². The molecule has 0 bridgehead atoms. The maximum atomic E-state index is 11.4. The molecule has 0 heterocycles. The Morgan fingerprint density at radius 2 is 1.68 bits per heavy atom. The van der Waals surface area contributed by atoms with Crippen LogP contribution < -0.4 is 4.74 Å². The number of hydrogen-bond acceptors (Lipinski definition) is 4. The molecule has 0 aromatic heterocycles. The van der Waals surface area contributed by atoms with Crippen molar-refractivity contribution in [3.05, 3.63) is 59.2 Å². The van der Waals surface area contributed by atoms with Crippen LogP contribution >= 0.6 is 0 Å². The van der Waals surface area contributed by atoms with Gasteiger partial charge in [0.05, 0.1) is 4.90 Å². The number of ether oxygens (including phenoxy) is 1. The molecule has 0 amide bonds. The molecule has 0 saturated heterocycles. The molecule has 4 nitrogen and oxygen atoms in total. The van der Waals surface area contributed by atoms with Crippen LogP contribution in [0.3, 0.4) is 0 Å². The highest BCUT2D eigenvalue weighted by Gasteiger charge is 2.11. The van der Waals surface area contributed by atoms with Gasteiger partial charge < -0.3 is 9.84 Å². The maximum Gasteiger partial charge on any atom is 0.175 e. The van der Waals surface area contributed by atoms with Crippen LogP contribution in [0.15, 0.2) is 47.4 Å². The summed E-state index contributed by atoms with van der Waals surface area (Å²) in [5, 5.41) is 10.1. The summed E-state index contributed by atoms with van der Waals surface area (Å²) in [6.07, 6.45) is 0.344. The third kappa shape index (κ3) is 4.08. The largest absolute Gasteiger partial charge is 0.491 e. The summed E-state index contributed by atoms with van der Waals surface area (Å²) in [5.74, 6) is 0.704. The fourth-order valence-electron chi connectivity index (χ4n) is 2.01. The number of aliphatic hydroxyl groups excluding tert-OH is 1. The number of sulfone groups is 1. The molecule has 1 atom stereocenters. The monoisotopic (exact) mass is 320 g/mol. The first kappa shape index (κ1) is 16.5. The maximum absolute atomic E-state index is 11.4. The summed E-state index contributed by atoms with van der Waals surface area (Å²) >= 11 is 0. The molecular formula is C17H20O4S. The third-order valence-electron chi connectivity index (χ3n) is 3.58. The summed E-state index contributed by atoms with van der Waals surface area (Å²) in [5.41, 5.74) is 2.94. The van der Waals surface area contributed by atoms with Crippen molar-refractivity contribution in [2.45, 2.75) is 24.8 Å². The standard InChI is InChI=1S/C17H20O4S/c1-12-4-7-15(10-13(12)2)21-11-17(18)14-5-8-16(9-6-14)22(3,19)20/h4-10,17-18H,11H2,1-3H3. The van der Waals surface area contributed by atoms with Crippen molar-refractivity contribution in [1.29, 1.82) is 0 Å². The quantitative estimate of drug-likeness (QED) is 0.920. The van der Waals surface area contributed by atoms with Crippen molar-refractivity contribution < 1.29 is 18.3 Å². The van der Waals surface area contributed by atoms with E-state index in [0.717, 1.165) is 11.8 Å². The zero-order valence-corrected chi connectivity index (χ0v) is 13.7. The van der Waals surface area contributed by atoms with E-state index in [9.17, 15) is 13.5 Å². The molecule has 1 unspecified atom stereocenters. The molecule has 2 aromatic carbocycles. The summed E-state index contributed by atoms with van der Waals surface area (Å²) in [7, 11) is -3.22. The molecule has 2 aromatic rings. The van der Waals surface area contributed by atoms with Gasteiger partial charge in [-0.25, -0.2) is 8.42 Å². The fraction of sp³-hybridized carbons (Fsp3) is 0.294. The number of aliphatic hydroxyl groups is 1. The van der Waals surface area contributed by atoms with E-state index in [-0.39, 0.29) is 11.5 Å². The zero-order valence-electron chi connectivity index (χ0n) is 12.9. The number of benzene rings is 2. The second-order valence-electron chi connectivity index (χ2n) is 5.41. The smallest absolute Gasteiger partial charge is 0.175 e. The molecule has 2 rings (SSSR count). The van der Waals surface area contributed by atoms with E-state index < -0.39 is 15.9 Å². The van der Waals surface area contributed by atoms with Gasteiger partial charge in [-0.2, -0.15) is 0 Å². The Hall–Kier alpha value is -1.85. The Bertz CT molecular complexity index is 749. The van der Waals surface area contributed by atoms with Gasteiger partial charge in [-0.1, -0.05) is 18.2 Å². The molecule has 0 aliphatic rings. The minimum absolute atomic E-state index is 0.112. The Morgan fingerprint density at radius 3 is 2.23 bits per heavy atom. The van der Waals surface area contributed by atoms with Crippen LogP contribution in [0.1, 0.15) is 22.8 Å². The third-order valence-corrected chi connectivity index (χ3v) is 4.71. The van der Waals surface area contributed by atoms with Gasteiger partial charge in [0.1, 0.15) is 18.5 Å². The van der Waals surface area contributed by atoms with Crippen molar-refractivity contribution in [1.82, 2.24) is 0 Å². The van der Waals surface area contributed by atoms with E-state index in [4.69, 9.17) is 4.74 Å². The lowest BCUT2D eigenvalue weighted by atomic mass is 10.1. The lowest BCUT2D eigenvalue weighted by Crippen LogP contribution is -2.10. The number of aryl methyl sites for hydroxylation is 2. The topological polar surface area (TPSA) is 63.6 Å².